The predicted octanol–water partition coefficient (Wildman–Crippen LogP) is 3.06. The molecule has 2 amide bonds. The van der Waals surface area contributed by atoms with Crippen LogP contribution in [0.15, 0.2) is 53.2 Å². The smallest absolute Gasteiger partial charge is 0.287 e. The van der Waals surface area contributed by atoms with E-state index in [0.29, 0.717) is 18.5 Å². The van der Waals surface area contributed by atoms with Crippen molar-refractivity contribution in [2.45, 2.75) is 25.8 Å². The first kappa shape index (κ1) is 16.3. The van der Waals surface area contributed by atoms with Gasteiger partial charge in [0, 0.05) is 23.7 Å². The number of pyridine rings is 1. The molecular formula is C20H19N3O3. The number of carbonyl (C=O) groups is 2. The summed E-state index contributed by atoms with van der Waals surface area (Å²) in [5, 5.41) is 3.75. The topological polar surface area (TPSA) is 75.4 Å². The molecule has 0 bridgehead atoms. The maximum atomic E-state index is 12.8. The first-order chi connectivity index (χ1) is 12.6. The number of aromatic nitrogens is 1. The first-order valence-electron chi connectivity index (χ1n) is 8.65. The van der Waals surface area contributed by atoms with Gasteiger partial charge in [-0.1, -0.05) is 18.2 Å². The zero-order valence-electron chi connectivity index (χ0n) is 14.4. The first-order valence-corrected chi connectivity index (χ1v) is 8.65. The number of rotatable bonds is 3. The Kier molecular flexibility index (Phi) is 4.16. The van der Waals surface area contributed by atoms with Crippen LogP contribution in [-0.4, -0.2) is 29.4 Å². The van der Waals surface area contributed by atoms with Gasteiger partial charge in [-0.15, -0.1) is 0 Å². The lowest BCUT2D eigenvalue weighted by Gasteiger charge is -2.32. The number of benzene rings is 1. The second-order valence-electron chi connectivity index (χ2n) is 6.42. The van der Waals surface area contributed by atoms with Gasteiger partial charge in [0.1, 0.15) is 11.6 Å². The SMILES string of the molecule is Cc1c(C(=O)NC2CCCN(c3cccnc3)C2=O)oc2ccccc12. The van der Waals surface area contributed by atoms with Crippen molar-refractivity contribution >= 4 is 28.5 Å². The number of hydrogen-bond acceptors (Lipinski definition) is 4. The third-order valence-electron chi connectivity index (χ3n) is 4.75. The highest BCUT2D eigenvalue weighted by Crippen LogP contribution is 2.25. The van der Waals surface area contributed by atoms with Crippen molar-refractivity contribution in [3.63, 3.8) is 0 Å². The molecule has 4 rings (SSSR count). The van der Waals surface area contributed by atoms with E-state index in [9.17, 15) is 9.59 Å². The number of carbonyl (C=O) groups excluding carboxylic acids is 2. The number of nitrogens with zero attached hydrogens (tertiary/aromatic N) is 2. The maximum absolute atomic E-state index is 12.8. The van der Waals surface area contributed by atoms with Crippen LogP contribution in [0, 0.1) is 6.92 Å². The highest BCUT2D eigenvalue weighted by molar-refractivity contribution is 6.04. The van der Waals surface area contributed by atoms with Gasteiger partial charge >= 0.3 is 0 Å². The number of amides is 2. The molecule has 1 atom stereocenters. The summed E-state index contributed by atoms with van der Waals surface area (Å²) in [6.45, 7) is 2.48. The number of nitrogens with one attached hydrogen (secondary N) is 1. The van der Waals surface area contributed by atoms with E-state index in [2.05, 4.69) is 10.3 Å². The Morgan fingerprint density at radius 2 is 2.12 bits per heavy atom. The van der Waals surface area contributed by atoms with Gasteiger partial charge in [0.05, 0.1) is 11.9 Å². The molecular weight excluding hydrogens is 330 g/mol. The van der Waals surface area contributed by atoms with Gasteiger partial charge in [-0.3, -0.25) is 14.6 Å². The molecule has 1 N–H and O–H groups in total. The molecule has 0 spiro atoms. The fraction of sp³-hybridized carbons (Fsp3) is 0.250. The highest BCUT2D eigenvalue weighted by Gasteiger charge is 2.32. The van der Waals surface area contributed by atoms with Crippen molar-refractivity contribution in [2.24, 2.45) is 0 Å². The van der Waals surface area contributed by atoms with Gasteiger partial charge in [0.25, 0.3) is 5.91 Å². The quantitative estimate of drug-likeness (QED) is 0.788. The molecule has 1 aliphatic heterocycles. The van der Waals surface area contributed by atoms with E-state index >= 15 is 0 Å². The fourth-order valence-electron chi connectivity index (χ4n) is 3.39. The molecule has 1 unspecified atom stereocenters. The number of hydrogen-bond donors (Lipinski definition) is 1. The summed E-state index contributed by atoms with van der Waals surface area (Å²) < 4.78 is 5.70. The van der Waals surface area contributed by atoms with E-state index in [1.807, 2.05) is 37.3 Å². The predicted molar refractivity (Wildman–Crippen MR) is 98.0 cm³/mol. The Labute approximate surface area is 150 Å². The van der Waals surface area contributed by atoms with E-state index in [4.69, 9.17) is 4.42 Å². The largest absolute Gasteiger partial charge is 0.451 e. The molecule has 3 aromatic rings. The molecule has 0 aliphatic carbocycles. The molecule has 132 valence electrons. The summed E-state index contributed by atoms with van der Waals surface area (Å²) in [5.74, 6) is -0.214. The molecule has 26 heavy (non-hydrogen) atoms. The number of fused-ring (bicyclic) bond motifs is 1. The average Bonchev–Trinajstić information content (AvgIpc) is 3.01. The third-order valence-corrected chi connectivity index (χ3v) is 4.75. The number of furan rings is 1. The van der Waals surface area contributed by atoms with E-state index < -0.39 is 6.04 Å². The van der Waals surface area contributed by atoms with E-state index in [1.54, 1.807) is 23.4 Å². The third kappa shape index (κ3) is 2.83. The zero-order chi connectivity index (χ0) is 18.1. The van der Waals surface area contributed by atoms with Crippen LogP contribution in [0.25, 0.3) is 11.0 Å². The highest BCUT2D eigenvalue weighted by atomic mass is 16.3. The van der Waals surface area contributed by atoms with Crippen LogP contribution in [0.5, 0.6) is 0 Å². The molecule has 0 radical (unpaired) electrons. The molecule has 1 aliphatic rings. The summed E-state index contributed by atoms with van der Waals surface area (Å²) >= 11 is 0. The van der Waals surface area contributed by atoms with Gasteiger partial charge < -0.3 is 14.6 Å². The van der Waals surface area contributed by atoms with E-state index in [1.165, 1.54) is 0 Å². The molecule has 6 heteroatoms. The summed E-state index contributed by atoms with van der Waals surface area (Å²) in [4.78, 5) is 31.2. The number of anilines is 1. The summed E-state index contributed by atoms with van der Waals surface area (Å²) in [6, 6.07) is 10.6. The zero-order valence-corrected chi connectivity index (χ0v) is 14.4. The van der Waals surface area contributed by atoms with Crippen LogP contribution < -0.4 is 10.2 Å². The van der Waals surface area contributed by atoms with Gasteiger partial charge in [-0.05, 0) is 38.0 Å². The normalized spacial score (nSPS) is 17.5. The van der Waals surface area contributed by atoms with Crippen molar-refractivity contribution in [3.05, 3.63) is 60.1 Å². The van der Waals surface area contributed by atoms with Crippen molar-refractivity contribution in [1.29, 1.82) is 0 Å². The summed E-state index contributed by atoms with van der Waals surface area (Å²) in [7, 11) is 0. The monoisotopic (exact) mass is 349 g/mol. The van der Waals surface area contributed by atoms with Crippen molar-refractivity contribution in [2.75, 3.05) is 11.4 Å². The number of para-hydroxylation sites is 1. The van der Waals surface area contributed by atoms with E-state index in [0.717, 1.165) is 23.1 Å². The molecule has 1 saturated heterocycles. The second kappa shape index (κ2) is 6.63. The van der Waals surface area contributed by atoms with Crippen molar-refractivity contribution in [3.8, 4) is 0 Å². The van der Waals surface area contributed by atoms with Crippen LogP contribution >= 0.6 is 0 Å². The molecule has 2 aromatic heterocycles. The van der Waals surface area contributed by atoms with Gasteiger partial charge in [-0.2, -0.15) is 0 Å². The summed E-state index contributed by atoms with van der Waals surface area (Å²) in [6.07, 6.45) is 4.75. The van der Waals surface area contributed by atoms with Gasteiger partial charge in [0.2, 0.25) is 5.91 Å². The summed E-state index contributed by atoms with van der Waals surface area (Å²) in [5.41, 5.74) is 2.20. The lowest BCUT2D eigenvalue weighted by atomic mass is 10.0. The Balaban J connectivity index is 1.55. The Morgan fingerprint density at radius 3 is 2.88 bits per heavy atom. The van der Waals surface area contributed by atoms with Crippen molar-refractivity contribution < 1.29 is 14.0 Å². The fourth-order valence-corrected chi connectivity index (χ4v) is 3.39. The lowest BCUT2D eigenvalue weighted by molar-refractivity contribution is -0.121. The molecule has 1 fully saturated rings. The van der Waals surface area contributed by atoms with Crippen LogP contribution in [0.4, 0.5) is 5.69 Å². The van der Waals surface area contributed by atoms with Crippen molar-refractivity contribution in [1.82, 2.24) is 10.3 Å². The molecule has 1 aromatic carbocycles. The van der Waals surface area contributed by atoms with Gasteiger partial charge in [-0.25, -0.2) is 0 Å². The Bertz CT molecular complexity index is 965. The van der Waals surface area contributed by atoms with Crippen LogP contribution in [0.1, 0.15) is 29.0 Å². The van der Waals surface area contributed by atoms with E-state index in [-0.39, 0.29) is 17.6 Å². The maximum Gasteiger partial charge on any atom is 0.287 e. The number of aryl methyl sites for hydroxylation is 1. The minimum Gasteiger partial charge on any atom is -0.451 e. The second-order valence-corrected chi connectivity index (χ2v) is 6.42. The van der Waals surface area contributed by atoms with Crippen LogP contribution in [0.2, 0.25) is 0 Å². The molecule has 6 nitrogen and oxygen atoms in total. The van der Waals surface area contributed by atoms with Crippen LogP contribution in [0.3, 0.4) is 0 Å². The number of piperidine rings is 1. The lowest BCUT2D eigenvalue weighted by Crippen LogP contribution is -2.52. The Hall–Kier alpha value is -3.15. The minimum absolute atomic E-state index is 0.119. The molecule has 3 heterocycles. The van der Waals surface area contributed by atoms with Crippen LogP contribution in [-0.2, 0) is 4.79 Å². The molecule has 0 saturated carbocycles. The Morgan fingerprint density at radius 1 is 1.27 bits per heavy atom. The minimum atomic E-state index is -0.566. The standard InChI is InChI=1S/C20H19N3O3/c1-13-15-7-2-3-9-17(15)26-18(13)19(24)22-16-8-5-11-23(20(16)25)14-6-4-10-21-12-14/h2-4,6-7,9-10,12,16H,5,8,11H2,1H3,(H,22,24). The van der Waals surface area contributed by atoms with Gasteiger partial charge in [0.15, 0.2) is 5.76 Å². The average molecular weight is 349 g/mol.